The molecule has 0 bridgehead atoms. The molecule has 1 atom stereocenters. The van der Waals surface area contributed by atoms with Crippen molar-refractivity contribution >= 4 is 17.5 Å². The Morgan fingerprint density at radius 1 is 1.05 bits per heavy atom. The first kappa shape index (κ1) is 28.0. The SMILES string of the molecule is Cc1ncc(NC(=O)c2cc(C#N)cc(C(C)(C)C)c2)cc1-c1ccc(C(=O)NCC2CCCCN2C)cc1. The van der Waals surface area contributed by atoms with Gasteiger partial charge < -0.3 is 15.5 Å². The number of pyridine rings is 1. The lowest BCUT2D eigenvalue weighted by Gasteiger charge is -2.32. The summed E-state index contributed by atoms with van der Waals surface area (Å²) < 4.78 is 0. The Balaban J connectivity index is 1.47. The quantitative estimate of drug-likeness (QED) is 0.432. The van der Waals surface area contributed by atoms with Gasteiger partial charge in [0.05, 0.1) is 23.5 Å². The molecule has 0 spiro atoms. The zero-order valence-electron chi connectivity index (χ0n) is 23.5. The Labute approximate surface area is 231 Å². The highest BCUT2D eigenvalue weighted by molar-refractivity contribution is 6.05. The number of nitrogens with one attached hydrogen (secondary N) is 2. The highest BCUT2D eigenvalue weighted by atomic mass is 16.2. The van der Waals surface area contributed by atoms with E-state index in [1.54, 1.807) is 12.3 Å². The number of aryl methyl sites for hydroxylation is 1. The second-order valence-corrected chi connectivity index (χ2v) is 11.4. The van der Waals surface area contributed by atoms with Gasteiger partial charge in [-0.2, -0.15) is 5.26 Å². The van der Waals surface area contributed by atoms with Crippen LogP contribution in [0, 0.1) is 18.3 Å². The Kier molecular flexibility index (Phi) is 8.47. The van der Waals surface area contributed by atoms with Gasteiger partial charge in [-0.3, -0.25) is 14.6 Å². The van der Waals surface area contributed by atoms with Crippen LogP contribution in [0.4, 0.5) is 5.69 Å². The van der Waals surface area contributed by atoms with Crippen molar-refractivity contribution in [1.29, 1.82) is 5.26 Å². The standard InChI is InChI=1S/C32H37N5O2/c1-21-29(23-9-11-24(12-10-23)30(38)35-20-28-8-6-7-13-37(28)5)17-27(19-34-21)36-31(39)25-14-22(18-33)15-26(16-25)32(2,3)4/h9-12,14-17,19,28H,6-8,13,20H2,1-5H3,(H,35,38)(H,36,39). The summed E-state index contributed by atoms with van der Waals surface area (Å²) >= 11 is 0. The molecule has 1 aromatic heterocycles. The minimum Gasteiger partial charge on any atom is -0.350 e. The van der Waals surface area contributed by atoms with Gasteiger partial charge in [-0.1, -0.05) is 39.3 Å². The van der Waals surface area contributed by atoms with E-state index >= 15 is 0 Å². The number of piperidine rings is 1. The van der Waals surface area contributed by atoms with Crippen molar-refractivity contribution in [3.63, 3.8) is 0 Å². The number of amides is 2. The van der Waals surface area contributed by atoms with Crippen LogP contribution in [-0.2, 0) is 5.41 Å². The van der Waals surface area contributed by atoms with E-state index in [0.717, 1.165) is 35.3 Å². The predicted molar refractivity (Wildman–Crippen MR) is 155 cm³/mol. The minimum absolute atomic E-state index is 0.0781. The number of carbonyl (C=O) groups is 2. The Morgan fingerprint density at radius 3 is 2.46 bits per heavy atom. The molecule has 39 heavy (non-hydrogen) atoms. The summed E-state index contributed by atoms with van der Waals surface area (Å²) in [5, 5.41) is 15.5. The third-order valence-corrected chi connectivity index (χ3v) is 7.41. The number of anilines is 1. The van der Waals surface area contributed by atoms with Crippen LogP contribution in [0.25, 0.3) is 11.1 Å². The Bertz CT molecular complexity index is 1400. The van der Waals surface area contributed by atoms with Crippen molar-refractivity contribution in [2.24, 2.45) is 0 Å². The number of hydrogen-bond acceptors (Lipinski definition) is 5. The van der Waals surface area contributed by atoms with Crippen molar-refractivity contribution < 1.29 is 9.59 Å². The van der Waals surface area contributed by atoms with Gasteiger partial charge in [0.2, 0.25) is 0 Å². The molecule has 1 aliphatic rings. The van der Waals surface area contributed by atoms with Crippen LogP contribution in [0.5, 0.6) is 0 Å². The van der Waals surface area contributed by atoms with Crippen LogP contribution in [0.2, 0.25) is 0 Å². The number of benzene rings is 2. The van der Waals surface area contributed by atoms with Gasteiger partial charge in [-0.05, 0) is 86.3 Å². The average molecular weight is 524 g/mol. The van der Waals surface area contributed by atoms with E-state index < -0.39 is 0 Å². The monoisotopic (exact) mass is 523 g/mol. The van der Waals surface area contributed by atoms with Crippen LogP contribution in [0.15, 0.2) is 54.7 Å². The van der Waals surface area contributed by atoms with Crippen LogP contribution >= 0.6 is 0 Å². The molecule has 1 saturated heterocycles. The van der Waals surface area contributed by atoms with Crippen molar-refractivity contribution in [1.82, 2.24) is 15.2 Å². The smallest absolute Gasteiger partial charge is 0.255 e. The maximum absolute atomic E-state index is 13.1. The first-order valence-electron chi connectivity index (χ1n) is 13.5. The van der Waals surface area contributed by atoms with E-state index in [-0.39, 0.29) is 17.2 Å². The average Bonchev–Trinajstić information content (AvgIpc) is 2.92. The van der Waals surface area contributed by atoms with Gasteiger partial charge in [0.25, 0.3) is 11.8 Å². The highest BCUT2D eigenvalue weighted by Gasteiger charge is 2.20. The number of carbonyl (C=O) groups excluding carboxylic acids is 2. The van der Waals surface area contributed by atoms with E-state index in [4.69, 9.17) is 0 Å². The summed E-state index contributed by atoms with van der Waals surface area (Å²) in [7, 11) is 2.12. The molecule has 0 saturated carbocycles. The van der Waals surface area contributed by atoms with Crippen molar-refractivity contribution in [3.8, 4) is 17.2 Å². The molecule has 1 unspecified atom stereocenters. The van der Waals surface area contributed by atoms with Crippen LogP contribution in [-0.4, -0.2) is 47.9 Å². The highest BCUT2D eigenvalue weighted by Crippen LogP contribution is 2.27. The molecule has 2 N–H and O–H groups in total. The summed E-state index contributed by atoms with van der Waals surface area (Å²) in [5.41, 5.74) is 5.34. The van der Waals surface area contributed by atoms with Gasteiger partial charge in [-0.25, -0.2) is 0 Å². The molecule has 3 aromatic rings. The molecule has 4 rings (SSSR count). The maximum atomic E-state index is 13.1. The van der Waals surface area contributed by atoms with Gasteiger partial charge in [-0.15, -0.1) is 0 Å². The predicted octanol–water partition coefficient (Wildman–Crippen LogP) is 5.69. The number of aromatic nitrogens is 1. The molecule has 202 valence electrons. The first-order valence-corrected chi connectivity index (χ1v) is 13.5. The molecule has 7 heteroatoms. The Hall–Kier alpha value is -4.02. The number of rotatable bonds is 6. The van der Waals surface area contributed by atoms with Gasteiger partial charge in [0.1, 0.15) is 0 Å². The van der Waals surface area contributed by atoms with Gasteiger partial charge in [0, 0.05) is 35.0 Å². The van der Waals surface area contributed by atoms with E-state index in [1.807, 2.05) is 70.2 Å². The third-order valence-electron chi connectivity index (χ3n) is 7.41. The number of nitrogens with zero attached hydrogens (tertiary/aromatic N) is 3. The topological polar surface area (TPSA) is 98.1 Å². The molecule has 1 fully saturated rings. The summed E-state index contributed by atoms with van der Waals surface area (Å²) in [6.07, 6.45) is 5.15. The zero-order valence-corrected chi connectivity index (χ0v) is 23.5. The second-order valence-electron chi connectivity index (χ2n) is 11.4. The van der Waals surface area contributed by atoms with E-state index in [9.17, 15) is 14.9 Å². The second kappa shape index (κ2) is 11.8. The first-order chi connectivity index (χ1) is 18.5. The fourth-order valence-corrected chi connectivity index (χ4v) is 4.87. The summed E-state index contributed by atoms with van der Waals surface area (Å²) in [5.74, 6) is -0.379. The maximum Gasteiger partial charge on any atom is 0.255 e. The van der Waals surface area contributed by atoms with Crippen LogP contribution in [0.3, 0.4) is 0 Å². The molecule has 1 aliphatic heterocycles. The summed E-state index contributed by atoms with van der Waals surface area (Å²) in [6.45, 7) is 9.78. The zero-order chi connectivity index (χ0) is 28.2. The summed E-state index contributed by atoms with van der Waals surface area (Å²) in [6, 6.07) is 17.1. The van der Waals surface area contributed by atoms with Crippen LogP contribution in [0.1, 0.15) is 77.6 Å². The molecule has 2 aromatic carbocycles. The number of nitriles is 1. The van der Waals surface area contributed by atoms with E-state index in [0.29, 0.717) is 35.0 Å². The van der Waals surface area contributed by atoms with E-state index in [2.05, 4.69) is 33.6 Å². The Morgan fingerprint density at radius 2 is 1.79 bits per heavy atom. The molecular formula is C32H37N5O2. The molecule has 2 amide bonds. The minimum atomic E-state index is -0.301. The molecule has 0 radical (unpaired) electrons. The van der Waals surface area contributed by atoms with Crippen molar-refractivity contribution in [2.45, 2.75) is 58.4 Å². The summed E-state index contributed by atoms with van der Waals surface area (Å²) in [4.78, 5) is 32.7. The van der Waals surface area contributed by atoms with Crippen molar-refractivity contribution in [2.75, 3.05) is 25.5 Å². The third kappa shape index (κ3) is 6.90. The van der Waals surface area contributed by atoms with E-state index in [1.165, 1.54) is 12.8 Å². The number of likely N-dealkylation sites (N-methyl/N-ethyl adjacent to an activating group) is 1. The molecule has 7 nitrogen and oxygen atoms in total. The molecule has 2 heterocycles. The number of hydrogen-bond donors (Lipinski definition) is 2. The largest absolute Gasteiger partial charge is 0.350 e. The fraction of sp³-hybridized carbons (Fsp3) is 0.375. The molecular weight excluding hydrogens is 486 g/mol. The lowest BCUT2D eigenvalue weighted by Crippen LogP contribution is -2.44. The normalized spacial score (nSPS) is 15.8. The van der Waals surface area contributed by atoms with Crippen molar-refractivity contribution in [3.05, 3.63) is 82.7 Å². The lowest BCUT2D eigenvalue weighted by atomic mass is 9.85. The molecule has 0 aliphatic carbocycles. The number of likely N-dealkylation sites (tertiary alicyclic amines) is 1. The fourth-order valence-electron chi connectivity index (χ4n) is 4.87. The van der Waals surface area contributed by atoms with Crippen LogP contribution < -0.4 is 10.6 Å². The lowest BCUT2D eigenvalue weighted by molar-refractivity contribution is 0.0928. The van der Waals surface area contributed by atoms with Gasteiger partial charge >= 0.3 is 0 Å². The van der Waals surface area contributed by atoms with Gasteiger partial charge in [0.15, 0.2) is 0 Å².